The number of hydrogen-bond donors (Lipinski definition) is 1. The number of nitrogens with zero attached hydrogens (tertiary/aromatic N) is 2. The summed E-state index contributed by atoms with van der Waals surface area (Å²) in [6, 6.07) is 5.98. The summed E-state index contributed by atoms with van der Waals surface area (Å²) < 4.78 is 5.88. The van der Waals surface area contributed by atoms with E-state index in [1.54, 1.807) is 0 Å². The molecule has 1 saturated heterocycles. The average Bonchev–Trinajstić information content (AvgIpc) is 2.88. The predicted octanol–water partition coefficient (Wildman–Crippen LogP) is 1.95. The molecule has 1 fully saturated rings. The van der Waals surface area contributed by atoms with E-state index in [1.165, 1.54) is 31.6 Å². The van der Waals surface area contributed by atoms with E-state index in [2.05, 4.69) is 22.8 Å². The number of hydrogen-bond acceptors (Lipinski definition) is 4. The van der Waals surface area contributed by atoms with Crippen LogP contribution >= 0.6 is 0 Å². The van der Waals surface area contributed by atoms with Crippen LogP contribution in [0.4, 0.5) is 11.4 Å². The molecule has 2 heterocycles. The Morgan fingerprint density at radius 3 is 2.84 bits per heavy atom. The van der Waals surface area contributed by atoms with Gasteiger partial charge in [-0.1, -0.05) is 0 Å². The number of fused-ring (bicyclic) bond motifs is 1. The summed E-state index contributed by atoms with van der Waals surface area (Å²) in [4.78, 5) is 4.98. The summed E-state index contributed by atoms with van der Waals surface area (Å²) in [5.41, 5.74) is 7.80. The number of rotatable bonds is 3. The Bertz CT molecular complexity index is 443. The summed E-state index contributed by atoms with van der Waals surface area (Å²) in [5.74, 6) is 0.931. The highest BCUT2D eigenvalue weighted by molar-refractivity contribution is 5.65. The lowest BCUT2D eigenvalue weighted by Crippen LogP contribution is -2.42. The molecule has 0 radical (unpaired) electrons. The molecule has 4 nitrogen and oxygen atoms in total. The molecular weight excluding hydrogens is 238 g/mol. The van der Waals surface area contributed by atoms with E-state index in [9.17, 15) is 0 Å². The summed E-state index contributed by atoms with van der Waals surface area (Å²) in [6.07, 6.45) is 2.94. The maximum absolute atomic E-state index is 5.88. The minimum atomic E-state index is 0.230. The number of nitrogen functional groups attached to an aromatic ring is 1. The third-order valence-electron chi connectivity index (χ3n) is 4.02. The molecule has 4 heteroatoms. The van der Waals surface area contributed by atoms with Crippen LogP contribution in [0.25, 0.3) is 0 Å². The van der Waals surface area contributed by atoms with Crippen molar-refractivity contribution in [2.45, 2.75) is 25.9 Å². The van der Waals surface area contributed by atoms with Gasteiger partial charge >= 0.3 is 0 Å². The lowest BCUT2D eigenvalue weighted by atomic mass is 10.2. The van der Waals surface area contributed by atoms with Crippen molar-refractivity contribution < 1.29 is 4.74 Å². The molecule has 0 bridgehead atoms. The molecule has 1 atom stereocenters. The van der Waals surface area contributed by atoms with Crippen LogP contribution in [-0.4, -0.2) is 43.7 Å². The highest BCUT2D eigenvalue weighted by atomic mass is 16.5. The lowest BCUT2D eigenvalue weighted by Gasteiger charge is -2.36. The van der Waals surface area contributed by atoms with Gasteiger partial charge in [0, 0.05) is 24.8 Å². The van der Waals surface area contributed by atoms with Crippen molar-refractivity contribution in [1.29, 1.82) is 0 Å². The summed E-state index contributed by atoms with van der Waals surface area (Å²) in [6.45, 7) is 7.82. The van der Waals surface area contributed by atoms with Crippen LogP contribution in [0.3, 0.4) is 0 Å². The van der Waals surface area contributed by atoms with Crippen LogP contribution < -0.4 is 15.4 Å². The van der Waals surface area contributed by atoms with Crippen molar-refractivity contribution in [2.75, 3.05) is 43.4 Å². The van der Waals surface area contributed by atoms with Crippen molar-refractivity contribution in [2.24, 2.45) is 0 Å². The van der Waals surface area contributed by atoms with Gasteiger partial charge in [0.05, 0.1) is 12.2 Å². The fourth-order valence-electron chi connectivity index (χ4n) is 3.03. The van der Waals surface area contributed by atoms with Gasteiger partial charge in [0.25, 0.3) is 0 Å². The van der Waals surface area contributed by atoms with Crippen LogP contribution in [0.1, 0.15) is 19.8 Å². The molecule has 1 aromatic carbocycles. The first-order chi connectivity index (χ1) is 9.22. The first kappa shape index (κ1) is 12.6. The Kier molecular flexibility index (Phi) is 3.51. The first-order valence-electron chi connectivity index (χ1n) is 7.26. The maximum Gasteiger partial charge on any atom is 0.145 e. The van der Waals surface area contributed by atoms with Crippen molar-refractivity contribution in [3.63, 3.8) is 0 Å². The second kappa shape index (κ2) is 5.29. The Morgan fingerprint density at radius 2 is 2.05 bits per heavy atom. The van der Waals surface area contributed by atoms with E-state index in [1.807, 2.05) is 12.1 Å². The molecule has 104 valence electrons. The molecule has 2 aliphatic rings. The predicted molar refractivity (Wildman–Crippen MR) is 78.8 cm³/mol. The van der Waals surface area contributed by atoms with Gasteiger partial charge in [0.2, 0.25) is 0 Å². The Balaban J connectivity index is 1.71. The SMILES string of the molecule is CC1CN(CCN2CCCC2)c2ccc(N)cc2O1. The van der Waals surface area contributed by atoms with Crippen LogP contribution in [0.15, 0.2) is 18.2 Å². The lowest BCUT2D eigenvalue weighted by molar-refractivity contribution is 0.210. The third kappa shape index (κ3) is 2.78. The number of benzene rings is 1. The molecule has 0 aromatic heterocycles. The zero-order valence-corrected chi connectivity index (χ0v) is 11.6. The number of likely N-dealkylation sites (tertiary alicyclic amines) is 1. The monoisotopic (exact) mass is 261 g/mol. The smallest absolute Gasteiger partial charge is 0.145 e. The van der Waals surface area contributed by atoms with Gasteiger partial charge in [-0.2, -0.15) is 0 Å². The molecule has 2 aliphatic heterocycles. The standard InChI is InChI=1S/C15H23N3O/c1-12-11-18(9-8-17-6-2-3-7-17)14-5-4-13(16)10-15(14)19-12/h4-5,10,12H,2-3,6-9,11,16H2,1H3. The normalized spacial score (nSPS) is 23.2. The molecule has 1 unspecified atom stereocenters. The molecule has 0 amide bonds. The highest BCUT2D eigenvalue weighted by Crippen LogP contribution is 2.34. The molecule has 2 N–H and O–H groups in total. The van der Waals surface area contributed by atoms with Gasteiger partial charge in [-0.15, -0.1) is 0 Å². The molecule has 0 spiro atoms. The molecule has 3 rings (SSSR count). The summed E-state index contributed by atoms with van der Waals surface area (Å²) >= 11 is 0. The molecule has 0 aliphatic carbocycles. The van der Waals surface area contributed by atoms with E-state index >= 15 is 0 Å². The van der Waals surface area contributed by atoms with Gasteiger partial charge in [-0.3, -0.25) is 0 Å². The van der Waals surface area contributed by atoms with Gasteiger partial charge < -0.3 is 20.3 Å². The van der Waals surface area contributed by atoms with E-state index in [-0.39, 0.29) is 6.10 Å². The number of anilines is 2. The topological polar surface area (TPSA) is 41.7 Å². The van der Waals surface area contributed by atoms with E-state index < -0.39 is 0 Å². The number of ether oxygens (including phenoxy) is 1. The zero-order chi connectivity index (χ0) is 13.2. The Morgan fingerprint density at radius 1 is 1.26 bits per heavy atom. The average molecular weight is 261 g/mol. The van der Waals surface area contributed by atoms with Gasteiger partial charge in [-0.05, 0) is 45.0 Å². The van der Waals surface area contributed by atoms with Crippen molar-refractivity contribution >= 4 is 11.4 Å². The van der Waals surface area contributed by atoms with E-state index in [0.717, 1.165) is 31.1 Å². The van der Waals surface area contributed by atoms with Crippen molar-refractivity contribution in [3.8, 4) is 5.75 Å². The van der Waals surface area contributed by atoms with Crippen LogP contribution in [0.2, 0.25) is 0 Å². The van der Waals surface area contributed by atoms with Gasteiger partial charge in [-0.25, -0.2) is 0 Å². The number of nitrogens with two attached hydrogens (primary N) is 1. The van der Waals surface area contributed by atoms with Crippen molar-refractivity contribution in [1.82, 2.24) is 4.90 Å². The summed E-state index contributed by atoms with van der Waals surface area (Å²) in [7, 11) is 0. The summed E-state index contributed by atoms with van der Waals surface area (Å²) in [5, 5.41) is 0. The highest BCUT2D eigenvalue weighted by Gasteiger charge is 2.23. The third-order valence-corrected chi connectivity index (χ3v) is 4.02. The van der Waals surface area contributed by atoms with Crippen LogP contribution in [0, 0.1) is 0 Å². The molecular formula is C15H23N3O. The minimum Gasteiger partial charge on any atom is -0.487 e. The van der Waals surface area contributed by atoms with Gasteiger partial charge in [0.1, 0.15) is 11.9 Å². The maximum atomic E-state index is 5.88. The largest absolute Gasteiger partial charge is 0.487 e. The van der Waals surface area contributed by atoms with E-state index in [4.69, 9.17) is 10.5 Å². The minimum absolute atomic E-state index is 0.230. The molecule has 0 saturated carbocycles. The Labute approximate surface area is 115 Å². The van der Waals surface area contributed by atoms with Gasteiger partial charge in [0.15, 0.2) is 0 Å². The first-order valence-corrected chi connectivity index (χ1v) is 7.26. The fraction of sp³-hybridized carbons (Fsp3) is 0.600. The van der Waals surface area contributed by atoms with Crippen LogP contribution in [0.5, 0.6) is 5.75 Å². The molecule has 19 heavy (non-hydrogen) atoms. The molecule has 1 aromatic rings. The van der Waals surface area contributed by atoms with Crippen molar-refractivity contribution in [3.05, 3.63) is 18.2 Å². The second-order valence-electron chi connectivity index (χ2n) is 5.65. The zero-order valence-electron chi connectivity index (χ0n) is 11.6. The second-order valence-corrected chi connectivity index (χ2v) is 5.65. The quantitative estimate of drug-likeness (QED) is 0.845. The fourth-order valence-corrected chi connectivity index (χ4v) is 3.03. The van der Waals surface area contributed by atoms with Crippen LogP contribution in [-0.2, 0) is 0 Å². The van der Waals surface area contributed by atoms with E-state index in [0.29, 0.717) is 0 Å². The Hall–Kier alpha value is -1.42.